The fourth-order valence-electron chi connectivity index (χ4n) is 3.72. The quantitative estimate of drug-likeness (QED) is 0.554. The van der Waals surface area contributed by atoms with Gasteiger partial charge in [-0.1, -0.05) is 12.5 Å². The lowest BCUT2D eigenvalue weighted by Crippen LogP contribution is -2.33. The first-order chi connectivity index (χ1) is 14.7. The highest BCUT2D eigenvalue weighted by Crippen LogP contribution is 2.25. The van der Waals surface area contributed by atoms with E-state index in [4.69, 9.17) is 0 Å². The molecule has 3 rings (SSSR count). The molecule has 1 atom stereocenters. The summed E-state index contributed by atoms with van der Waals surface area (Å²) >= 11 is 0. The molecule has 1 aliphatic heterocycles. The number of benzene rings is 1. The van der Waals surface area contributed by atoms with Crippen molar-refractivity contribution in [2.45, 2.75) is 31.8 Å². The zero-order valence-corrected chi connectivity index (χ0v) is 16.8. The number of aromatic hydroxyl groups is 1. The van der Waals surface area contributed by atoms with Crippen molar-refractivity contribution in [3.8, 4) is 5.75 Å². The molecule has 1 fully saturated rings. The van der Waals surface area contributed by atoms with E-state index in [0.717, 1.165) is 31.5 Å². The Morgan fingerprint density at radius 1 is 1.26 bits per heavy atom. The summed E-state index contributed by atoms with van der Waals surface area (Å²) in [6.07, 6.45) is 4.04. The van der Waals surface area contributed by atoms with E-state index >= 15 is 0 Å². The highest BCUT2D eigenvalue weighted by Gasteiger charge is 2.25. The Labute approximate surface area is 176 Å². The minimum absolute atomic E-state index is 0.228. The largest absolute Gasteiger partial charge is 0.503 e. The molecule has 0 saturated carbocycles. The lowest BCUT2D eigenvalue weighted by Gasteiger charge is -2.25. The molecule has 1 unspecified atom stereocenters. The monoisotopic (exact) mass is 437 g/mol. The Hall–Kier alpha value is -3.14. The third kappa shape index (κ3) is 4.63. The van der Waals surface area contributed by atoms with E-state index in [1.54, 1.807) is 0 Å². The molecule has 0 spiro atoms. The maximum absolute atomic E-state index is 13.8. The number of nitrogens with zero attached hydrogens (tertiary/aromatic N) is 2. The van der Waals surface area contributed by atoms with Crippen molar-refractivity contribution < 1.29 is 27.9 Å². The number of hydrogen-bond donors (Lipinski definition) is 2. The molecule has 31 heavy (non-hydrogen) atoms. The minimum Gasteiger partial charge on any atom is -0.503 e. The van der Waals surface area contributed by atoms with Crippen LogP contribution in [0.1, 0.15) is 51.7 Å². The van der Waals surface area contributed by atoms with Crippen molar-refractivity contribution >= 4 is 12.2 Å². The van der Waals surface area contributed by atoms with Crippen LogP contribution < -0.4 is 10.7 Å². The molecule has 10 heteroatoms. The fraction of sp³-hybridized carbons (Fsp3) is 0.381. The Morgan fingerprint density at radius 3 is 2.71 bits per heavy atom. The number of rotatable bonds is 5. The molecule has 1 amide bonds. The van der Waals surface area contributed by atoms with Crippen molar-refractivity contribution in [3.05, 3.63) is 62.8 Å². The van der Waals surface area contributed by atoms with E-state index in [1.165, 1.54) is 10.8 Å². The molecule has 2 N–H and O–H groups in total. The molecule has 1 aliphatic rings. The van der Waals surface area contributed by atoms with Crippen LogP contribution in [0, 0.1) is 17.5 Å². The molecule has 0 bridgehead atoms. The Bertz CT molecular complexity index is 1070. The van der Waals surface area contributed by atoms with E-state index in [2.05, 4.69) is 5.32 Å². The van der Waals surface area contributed by atoms with E-state index in [9.17, 15) is 32.7 Å². The summed E-state index contributed by atoms with van der Waals surface area (Å²) in [5.41, 5.74) is -2.04. The lowest BCUT2D eigenvalue weighted by atomic mass is 10.1. The van der Waals surface area contributed by atoms with Gasteiger partial charge < -0.3 is 19.9 Å². The molecule has 1 aromatic carbocycles. The second kappa shape index (κ2) is 9.34. The Kier molecular flexibility index (Phi) is 6.79. The number of likely N-dealkylation sites (tertiary alicyclic amines) is 1. The smallest absolute Gasteiger partial charge is 0.257 e. The van der Waals surface area contributed by atoms with Crippen LogP contribution in [0.15, 0.2) is 23.1 Å². The van der Waals surface area contributed by atoms with Gasteiger partial charge in [0.15, 0.2) is 29.5 Å². The highest BCUT2D eigenvalue weighted by atomic mass is 19.2. The topological polar surface area (TPSA) is 91.6 Å². The first-order valence-corrected chi connectivity index (χ1v) is 9.77. The van der Waals surface area contributed by atoms with Crippen LogP contribution in [-0.4, -0.2) is 46.9 Å². The first kappa shape index (κ1) is 22.5. The maximum Gasteiger partial charge on any atom is 0.257 e. The maximum atomic E-state index is 13.8. The average Bonchev–Trinajstić information content (AvgIpc) is 2.97. The molecule has 0 radical (unpaired) electrons. The standard InChI is InChI=1S/C21H22F3N3O4/c1-26-7-3-2-4-13(9-26)27-10-14(19(29)20(30)16(27)11-28)21(31)25-8-12-5-6-15(22)18(24)17(12)23/h5-6,10-11,13,30H,2-4,7-9H2,1H3,(H,25,31). The van der Waals surface area contributed by atoms with Gasteiger partial charge in [-0.3, -0.25) is 14.4 Å². The van der Waals surface area contributed by atoms with Crippen LogP contribution >= 0.6 is 0 Å². The predicted molar refractivity (Wildman–Crippen MR) is 106 cm³/mol. The van der Waals surface area contributed by atoms with Gasteiger partial charge in [0.1, 0.15) is 11.3 Å². The molecule has 166 valence electrons. The van der Waals surface area contributed by atoms with Gasteiger partial charge in [0, 0.05) is 30.9 Å². The van der Waals surface area contributed by atoms with Crippen LogP contribution in [0.4, 0.5) is 13.2 Å². The number of likely N-dealkylation sites (N-methyl/N-ethyl adjacent to an activating group) is 1. The molecule has 1 aromatic heterocycles. The van der Waals surface area contributed by atoms with Gasteiger partial charge in [-0.25, -0.2) is 13.2 Å². The summed E-state index contributed by atoms with van der Waals surface area (Å²) in [7, 11) is 1.91. The van der Waals surface area contributed by atoms with E-state index in [1.807, 2.05) is 11.9 Å². The second-order valence-corrected chi connectivity index (χ2v) is 7.56. The number of amides is 1. The van der Waals surface area contributed by atoms with Crippen molar-refractivity contribution in [1.82, 2.24) is 14.8 Å². The fourth-order valence-corrected chi connectivity index (χ4v) is 3.72. The van der Waals surface area contributed by atoms with Gasteiger partial charge in [-0.2, -0.15) is 0 Å². The summed E-state index contributed by atoms with van der Waals surface area (Å²) in [5.74, 6) is -6.28. The van der Waals surface area contributed by atoms with Crippen molar-refractivity contribution in [2.24, 2.45) is 0 Å². The van der Waals surface area contributed by atoms with E-state index in [0.29, 0.717) is 19.3 Å². The molecule has 7 nitrogen and oxygen atoms in total. The van der Waals surface area contributed by atoms with Crippen molar-refractivity contribution in [2.75, 3.05) is 20.1 Å². The number of halogens is 3. The number of aromatic nitrogens is 1. The van der Waals surface area contributed by atoms with Gasteiger partial charge >= 0.3 is 0 Å². The molecule has 1 saturated heterocycles. The molecule has 2 aromatic rings. The van der Waals surface area contributed by atoms with Gasteiger partial charge in [-0.15, -0.1) is 0 Å². The number of pyridine rings is 1. The van der Waals surface area contributed by atoms with Crippen LogP contribution in [-0.2, 0) is 6.54 Å². The molecule has 0 aliphatic carbocycles. The Balaban J connectivity index is 1.92. The normalized spacial score (nSPS) is 17.2. The van der Waals surface area contributed by atoms with Crippen molar-refractivity contribution in [1.29, 1.82) is 0 Å². The van der Waals surface area contributed by atoms with Crippen molar-refractivity contribution in [3.63, 3.8) is 0 Å². The molecule has 2 heterocycles. The highest BCUT2D eigenvalue weighted by molar-refractivity contribution is 5.95. The van der Waals surface area contributed by atoms with E-state index < -0.39 is 46.6 Å². The van der Waals surface area contributed by atoms with Crippen LogP contribution in [0.3, 0.4) is 0 Å². The van der Waals surface area contributed by atoms with Gasteiger partial charge in [-0.05, 0) is 32.5 Å². The summed E-state index contributed by atoms with van der Waals surface area (Å²) in [5, 5.41) is 12.5. The summed E-state index contributed by atoms with van der Waals surface area (Å²) in [6.45, 7) is 0.889. The zero-order chi connectivity index (χ0) is 22.7. The Morgan fingerprint density at radius 2 is 2.00 bits per heavy atom. The SMILES string of the molecule is CN1CCCCC(n2cc(C(=O)NCc3ccc(F)c(F)c3F)c(=O)c(O)c2C=O)C1. The van der Waals surface area contributed by atoms with Gasteiger partial charge in [0.2, 0.25) is 5.43 Å². The minimum atomic E-state index is -1.67. The van der Waals surface area contributed by atoms with Crippen LogP contribution in [0.25, 0.3) is 0 Å². The summed E-state index contributed by atoms with van der Waals surface area (Å²) in [4.78, 5) is 38.7. The summed E-state index contributed by atoms with van der Waals surface area (Å²) in [6, 6.07) is 1.44. The predicted octanol–water partition coefficient (Wildman–Crippen LogP) is 2.37. The summed E-state index contributed by atoms with van der Waals surface area (Å²) < 4.78 is 41.7. The first-order valence-electron chi connectivity index (χ1n) is 9.77. The van der Waals surface area contributed by atoms with Gasteiger partial charge in [0.05, 0.1) is 0 Å². The number of aldehydes is 1. The van der Waals surface area contributed by atoms with Crippen LogP contribution in [0.2, 0.25) is 0 Å². The molecular weight excluding hydrogens is 415 g/mol. The van der Waals surface area contributed by atoms with Crippen LogP contribution in [0.5, 0.6) is 5.75 Å². The third-order valence-corrected chi connectivity index (χ3v) is 5.40. The lowest BCUT2D eigenvalue weighted by molar-refractivity contribution is 0.0946. The number of carbonyl (C=O) groups is 2. The second-order valence-electron chi connectivity index (χ2n) is 7.56. The number of hydrogen-bond acceptors (Lipinski definition) is 5. The number of carbonyl (C=O) groups excluding carboxylic acids is 2. The van der Waals surface area contributed by atoms with E-state index in [-0.39, 0.29) is 17.3 Å². The third-order valence-electron chi connectivity index (χ3n) is 5.40. The average molecular weight is 437 g/mol. The number of nitrogens with one attached hydrogen (secondary N) is 1. The molecular formula is C21H22F3N3O4. The zero-order valence-electron chi connectivity index (χ0n) is 16.8. The van der Waals surface area contributed by atoms with Gasteiger partial charge in [0.25, 0.3) is 5.91 Å².